The van der Waals surface area contributed by atoms with E-state index in [-0.39, 0.29) is 12.8 Å². The predicted molar refractivity (Wildman–Crippen MR) is 58.5 cm³/mol. The number of hydrogen-bond donors (Lipinski definition) is 1. The molecule has 5 heteroatoms. The molecule has 0 bridgehead atoms. The number of carboxylic acids is 1. The highest BCUT2D eigenvalue weighted by Crippen LogP contribution is 2.14. The largest absolute Gasteiger partial charge is 0.481 e. The van der Waals surface area contributed by atoms with Gasteiger partial charge in [-0.25, -0.2) is 4.79 Å². The minimum atomic E-state index is -0.947. The quantitative estimate of drug-likeness (QED) is 0.793. The number of hydrogen-bond acceptors (Lipinski definition) is 4. The number of nitrogens with zero attached hydrogens (tertiary/aromatic N) is 1. The summed E-state index contributed by atoms with van der Waals surface area (Å²) in [7, 11) is 1.26. The van der Waals surface area contributed by atoms with Crippen LogP contribution in [0.15, 0.2) is 18.2 Å². The smallest absolute Gasteiger partial charge is 0.337 e. The summed E-state index contributed by atoms with van der Waals surface area (Å²) in [6.45, 7) is 0. The molecule has 0 radical (unpaired) electrons. The maximum absolute atomic E-state index is 11.3. The van der Waals surface area contributed by atoms with Crippen molar-refractivity contribution in [3.63, 3.8) is 0 Å². The highest BCUT2D eigenvalue weighted by atomic mass is 16.5. The number of aliphatic carboxylic acids is 1. The Kier molecular flexibility index (Phi) is 4.23. The fourth-order valence-corrected chi connectivity index (χ4v) is 1.40. The minimum absolute atomic E-state index is 0.0840. The van der Waals surface area contributed by atoms with Crippen LogP contribution in [0.3, 0.4) is 0 Å². The van der Waals surface area contributed by atoms with E-state index in [1.807, 2.05) is 6.07 Å². The normalized spacial score (nSPS) is 9.41. The van der Waals surface area contributed by atoms with E-state index in [1.54, 1.807) is 0 Å². The van der Waals surface area contributed by atoms with E-state index in [4.69, 9.17) is 10.4 Å². The van der Waals surface area contributed by atoms with E-state index in [1.165, 1.54) is 25.3 Å². The Hall–Kier alpha value is -2.35. The number of carbonyl (C=O) groups is 2. The summed E-state index contributed by atoms with van der Waals surface area (Å²) in [6, 6.07) is 6.42. The molecule has 1 rings (SSSR count). The molecule has 5 nitrogen and oxygen atoms in total. The minimum Gasteiger partial charge on any atom is -0.481 e. The molecule has 0 aliphatic rings. The van der Waals surface area contributed by atoms with Gasteiger partial charge in [0.05, 0.1) is 24.3 Å². The summed E-state index contributed by atoms with van der Waals surface area (Å²) in [4.78, 5) is 21.8. The lowest BCUT2D eigenvalue weighted by atomic mass is 10.0. The van der Waals surface area contributed by atoms with Gasteiger partial charge in [0, 0.05) is 6.42 Å². The lowest BCUT2D eigenvalue weighted by Gasteiger charge is -2.05. The van der Waals surface area contributed by atoms with Crippen molar-refractivity contribution in [2.45, 2.75) is 12.8 Å². The monoisotopic (exact) mass is 233 g/mol. The molecule has 1 aromatic rings. The molecule has 0 aromatic heterocycles. The van der Waals surface area contributed by atoms with Crippen LogP contribution in [0.4, 0.5) is 0 Å². The highest BCUT2D eigenvalue weighted by molar-refractivity contribution is 5.89. The first-order valence-electron chi connectivity index (χ1n) is 4.91. The van der Waals surface area contributed by atoms with Gasteiger partial charge in [0.15, 0.2) is 0 Å². The number of carbonyl (C=O) groups excluding carboxylic acids is 1. The van der Waals surface area contributed by atoms with Crippen LogP contribution in [0, 0.1) is 11.3 Å². The third-order valence-electron chi connectivity index (χ3n) is 2.25. The number of ether oxygens (including phenoxy) is 1. The Bertz CT molecular complexity index is 488. The van der Waals surface area contributed by atoms with Gasteiger partial charge in [0.1, 0.15) is 0 Å². The second kappa shape index (κ2) is 5.66. The number of benzene rings is 1. The van der Waals surface area contributed by atoms with Crippen LogP contribution < -0.4 is 0 Å². The zero-order chi connectivity index (χ0) is 12.8. The Morgan fingerprint density at radius 1 is 1.47 bits per heavy atom. The topological polar surface area (TPSA) is 87.4 Å². The van der Waals surface area contributed by atoms with Crippen LogP contribution in [-0.2, 0) is 16.0 Å². The number of carboxylic acid groups (broad SMARTS) is 1. The van der Waals surface area contributed by atoms with Crippen LogP contribution in [0.1, 0.15) is 27.9 Å². The van der Waals surface area contributed by atoms with Gasteiger partial charge < -0.3 is 9.84 Å². The first kappa shape index (κ1) is 12.7. The molecule has 0 atom stereocenters. The molecule has 0 unspecified atom stereocenters. The molecule has 0 aliphatic carbocycles. The van der Waals surface area contributed by atoms with Gasteiger partial charge in [-0.1, -0.05) is 0 Å². The molecule has 0 amide bonds. The molecular formula is C12H11NO4. The van der Waals surface area contributed by atoms with E-state index in [2.05, 4.69) is 4.74 Å². The molecule has 1 N–H and O–H groups in total. The highest BCUT2D eigenvalue weighted by Gasteiger charge is 2.10. The average molecular weight is 233 g/mol. The van der Waals surface area contributed by atoms with E-state index in [9.17, 15) is 9.59 Å². The van der Waals surface area contributed by atoms with Crippen molar-refractivity contribution < 1.29 is 19.4 Å². The van der Waals surface area contributed by atoms with Crippen molar-refractivity contribution >= 4 is 11.9 Å². The predicted octanol–water partition coefficient (Wildman–Crippen LogP) is 1.36. The molecule has 17 heavy (non-hydrogen) atoms. The molecule has 88 valence electrons. The van der Waals surface area contributed by atoms with Gasteiger partial charge in [-0.15, -0.1) is 0 Å². The van der Waals surface area contributed by atoms with Crippen molar-refractivity contribution in [1.29, 1.82) is 5.26 Å². The Morgan fingerprint density at radius 2 is 2.18 bits per heavy atom. The second-order valence-electron chi connectivity index (χ2n) is 3.37. The average Bonchev–Trinajstić information content (AvgIpc) is 2.34. The Morgan fingerprint density at radius 3 is 2.71 bits per heavy atom. The molecule has 0 saturated carbocycles. The number of esters is 1. The van der Waals surface area contributed by atoms with E-state index in [0.717, 1.165) is 0 Å². The van der Waals surface area contributed by atoms with Gasteiger partial charge in [-0.05, 0) is 30.2 Å². The summed E-state index contributed by atoms with van der Waals surface area (Å²) in [6.07, 6.45) is 0.127. The number of nitriles is 1. The van der Waals surface area contributed by atoms with E-state index >= 15 is 0 Å². The third-order valence-corrected chi connectivity index (χ3v) is 2.25. The fourth-order valence-electron chi connectivity index (χ4n) is 1.40. The van der Waals surface area contributed by atoms with Crippen LogP contribution in [-0.4, -0.2) is 24.2 Å². The number of rotatable bonds is 4. The first-order chi connectivity index (χ1) is 8.08. The van der Waals surface area contributed by atoms with Crippen molar-refractivity contribution in [1.82, 2.24) is 0 Å². The Balaban J connectivity index is 3.03. The zero-order valence-electron chi connectivity index (χ0n) is 9.27. The van der Waals surface area contributed by atoms with Crippen LogP contribution in [0.5, 0.6) is 0 Å². The molecule has 0 aliphatic heterocycles. The SMILES string of the molecule is COC(=O)c1ccc(C#N)c(CCC(=O)O)c1. The number of aryl methyl sites for hydroxylation is 1. The van der Waals surface area contributed by atoms with Crippen LogP contribution in [0.2, 0.25) is 0 Å². The van der Waals surface area contributed by atoms with Gasteiger partial charge in [-0.2, -0.15) is 5.26 Å². The maximum Gasteiger partial charge on any atom is 0.337 e. The summed E-state index contributed by atoms with van der Waals surface area (Å²) in [5.41, 5.74) is 1.23. The van der Waals surface area contributed by atoms with Gasteiger partial charge >= 0.3 is 11.9 Å². The summed E-state index contributed by atoms with van der Waals surface area (Å²) in [5.74, 6) is -1.46. The molecule has 0 fully saturated rings. The molecule has 1 aromatic carbocycles. The summed E-state index contributed by atoms with van der Waals surface area (Å²) in [5, 5.41) is 17.4. The van der Waals surface area contributed by atoms with Gasteiger partial charge in [0.25, 0.3) is 0 Å². The van der Waals surface area contributed by atoms with Crippen molar-refractivity contribution in [3.8, 4) is 6.07 Å². The van der Waals surface area contributed by atoms with Crippen molar-refractivity contribution in [2.24, 2.45) is 0 Å². The molecule has 0 heterocycles. The summed E-state index contributed by atoms with van der Waals surface area (Å²) >= 11 is 0. The van der Waals surface area contributed by atoms with Crippen LogP contribution in [0.25, 0.3) is 0 Å². The van der Waals surface area contributed by atoms with Crippen molar-refractivity contribution in [2.75, 3.05) is 7.11 Å². The molecule has 0 spiro atoms. The van der Waals surface area contributed by atoms with Crippen LogP contribution >= 0.6 is 0 Å². The lowest BCUT2D eigenvalue weighted by molar-refractivity contribution is -0.136. The van der Waals surface area contributed by atoms with Gasteiger partial charge in [-0.3, -0.25) is 4.79 Å². The summed E-state index contributed by atoms with van der Waals surface area (Å²) < 4.78 is 4.55. The second-order valence-corrected chi connectivity index (χ2v) is 3.37. The Labute approximate surface area is 98.2 Å². The number of methoxy groups -OCH3 is 1. The van der Waals surface area contributed by atoms with E-state index < -0.39 is 11.9 Å². The zero-order valence-corrected chi connectivity index (χ0v) is 9.27. The first-order valence-corrected chi connectivity index (χ1v) is 4.91. The third kappa shape index (κ3) is 3.31. The molecular weight excluding hydrogens is 222 g/mol. The lowest BCUT2D eigenvalue weighted by Crippen LogP contribution is -2.04. The van der Waals surface area contributed by atoms with E-state index in [0.29, 0.717) is 16.7 Å². The fraction of sp³-hybridized carbons (Fsp3) is 0.250. The standard InChI is InChI=1S/C12H11NO4/c1-17-12(16)9-2-3-10(7-13)8(6-9)4-5-11(14)15/h2-3,6H,4-5H2,1H3,(H,14,15). The van der Waals surface area contributed by atoms with Crippen molar-refractivity contribution in [3.05, 3.63) is 34.9 Å². The maximum atomic E-state index is 11.3. The molecule has 0 saturated heterocycles. The van der Waals surface area contributed by atoms with Gasteiger partial charge in [0.2, 0.25) is 0 Å².